The standard InChI is InChI=1S/C16H19N3O4S/c1-11-4-3-5-12(8-11)13-9-19(10-14(13)16(20)21)24(22,23)15-6-7-17-18(15)2/h3-8,13-14H,9-10H2,1-2H3,(H,20,21)/t13-,14+/m0/s1. The molecule has 1 fully saturated rings. The number of sulfonamides is 1. The van der Waals surface area contributed by atoms with Crippen LogP contribution in [-0.2, 0) is 21.9 Å². The van der Waals surface area contributed by atoms with Crippen LogP contribution >= 0.6 is 0 Å². The summed E-state index contributed by atoms with van der Waals surface area (Å²) in [5.41, 5.74) is 1.87. The van der Waals surface area contributed by atoms with Gasteiger partial charge >= 0.3 is 5.97 Å². The first-order valence-electron chi connectivity index (χ1n) is 7.58. The second-order valence-corrected chi connectivity index (χ2v) is 7.97. The number of aliphatic carboxylic acids is 1. The Bertz CT molecular complexity index is 875. The molecule has 0 amide bonds. The summed E-state index contributed by atoms with van der Waals surface area (Å²) in [5, 5.41) is 13.5. The van der Waals surface area contributed by atoms with E-state index in [1.54, 1.807) is 7.05 Å². The van der Waals surface area contributed by atoms with E-state index < -0.39 is 21.9 Å². The van der Waals surface area contributed by atoms with Gasteiger partial charge in [0.1, 0.15) is 0 Å². The minimum absolute atomic E-state index is 0.0402. The van der Waals surface area contributed by atoms with Gasteiger partial charge < -0.3 is 5.11 Å². The molecule has 0 radical (unpaired) electrons. The highest BCUT2D eigenvalue weighted by Gasteiger charge is 2.44. The van der Waals surface area contributed by atoms with E-state index in [2.05, 4.69) is 5.10 Å². The Morgan fingerprint density at radius 3 is 2.62 bits per heavy atom. The fourth-order valence-corrected chi connectivity index (χ4v) is 4.79. The summed E-state index contributed by atoms with van der Waals surface area (Å²) in [6, 6.07) is 8.99. The van der Waals surface area contributed by atoms with Crippen molar-refractivity contribution in [2.75, 3.05) is 13.1 Å². The predicted molar refractivity (Wildman–Crippen MR) is 87.0 cm³/mol. The van der Waals surface area contributed by atoms with Gasteiger partial charge in [-0.15, -0.1) is 0 Å². The molecule has 0 saturated carbocycles. The summed E-state index contributed by atoms with van der Waals surface area (Å²) < 4.78 is 28.1. The molecule has 1 saturated heterocycles. The van der Waals surface area contributed by atoms with Crippen molar-refractivity contribution in [3.8, 4) is 0 Å². The van der Waals surface area contributed by atoms with Crippen LogP contribution in [0, 0.1) is 12.8 Å². The molecule has 1 aromatic carbocycles. The van der Waals surface area contributed by atoms with Gasteiger partial charge in [0.25, 0.3) is 10.0 Å². The molecular weight excluding hydrogens is 330 g/mol. The van der Waals surface area contributed by atoms with Crippen molar-refractivity contribution in [2.45, 2.75) is 17.9 Å². The van der Waals surface area contributed by atoms with E-state index in [9.17, 15) is 18.3 Å². The van der Waals surface area contributed by atoms with E-state index >= 15 is 0 Å². The number of hydrogen-bond donors (Lipinski definition) is 1. The summed E-state index contributed by atoms with van der Waals surface area (Å²) in [6.45, 7) is 2.04. The number of rotatable bonds is 4. The van der Waals surface area contributed by atoms with Crippen molar-refractivity contribution >= 4 is 16.0 Å². The Kier molecular flexibility index (Phi) is 4.18. The van der Waals surface area contributed by atoms with Gasteiger partial charge in [-0.3, -0.25) is 9.48 Å². The normalized spacial score (nSPS) is 21.9. The van der Waals surface area contributed by atoms with E-state index in [0.29, 0.717) is 0 Å². The minimum Gasteiger partial charge on any atom is -0.481 e. The lowest BCUT2D eigenvalue weighted by atomic mass is 9.88. The largest absolute Gasteiger partial charge is 0.481 e. The van der Waals surface area contributed by atoms with Crippen LogP contribution in [-0.4, -0.2) is 46.7 Å². The van der Waals surface area contributed by atoms with Gasteiger partial charge in [0.2, 0.25) is 0 Å². The molecule has 0 aliphatic carbocycles. The predicted octanol–water partition coefficient (Wildman–Crippen LogP) is 1.22. The Morgan fingerprint density at radius 2 is 2.04 bits per heavy atom. The van der Waals surface area contributed by atoms with Crippen LogP contribution < -0.4 is 0 Å². The number of aromatic nitrogens is 2. The van der Waals surface area contributed by atoms with Gasteiger partial charge in [0.05, 0.1) is 12.1 Å². The third-order valence-electron chi connectivity index (χ3n) is 4.45. The van der Waals surface area contributed by atoms with Crippen LogP contribution in [0.3, 0.4) is 0 Å². The SMILES string of the molecule is Cc1cccc([C@@H]2CN(S(=O)(=O)c3ccnn3C)C[C@H]2C(=O)O)c1. The molecular formula is C16H19N3O4S. The molecule has 2 atom stereocenters. The van der Waals surface area contributed by atoms with E-state index in [4.69, 9.17) is 0 Å². The van der Waals surface area contributed by atoms with Gasteiger partial charge in [0, 0.05) is 26.1 Å². The lowest BCUT2D eigenvalue weighted by Gasteiger charge is -2.16. The van der Waals surface area contributed by atoms with Crippen LogP contribution in [0.4, 0.5) is 0 Å². The van der Waals surface area contributed by atoms with Crippen molar-refractivity contribution in [3.05, 3.63) is 47.7 Å². The molecule has 1 aliphatic rings. The topological polar surface area (TPSA) is 92.5 Å². The van der Waals surface area contributed by atoms with E-state index in [1.165, 1.54) is 21.3 Å². The summed E-state index contributed by atoms with van der Waals surface area (Å²) in [6.07, 6.45) is 1.41. The number of carbonyl (C=O) groups is 1. The fourth-order valence-electron chi connectivity index (χ4n) is 3.20. The first-order valence-corrected chi connectivity index (χ1v) is 9.02. The number of carboxylic acid groups (broad SMARTS) is 1. The lowest BCUT2D eigenvalue weighted by molar-refractivity contribution is -0.141. The average molecular weight is 349 g/mol. The maximum atomic E-state index is 12.8. The third kappa shape index (κ3) is 2.83. The van der Waals surface area contributed by atoms with Gasteiger partial charge in [-0.25, -0.2) is 8.42 Å². The van der Waals surface area contributed by atoms with Crippen molar-refractivity contribution < 1.29 is 18.3 Å². The zero-order valence-electron chi connectivity index (χ0n) is 13.5. The van der Waals surface area contributed by atoms with Gasteiger partial charge in [0.15, 0.2) is 5.03 Å². The second-order valence-electron chi connectivity index (χ2n) is 6.08. The molecule has 8 heteroatoms. The van der Waals surface area contributed by atoms with Crippen LogP contribution in [0.5, 0.6) is 0 Å². The van der Waals surface area contributed by atoms with Crippen molar-refractivity contribution in [1.82, 2.24) is 14.1 Å². The number of benzene rings is 1. The van der Waals surface area contributed by atoms with Crippen LogP contribution in [0.15, 0.2) is 41.6 Å². The molecule has 2 aromatic rings. The van der Waals surface area contributed by atoms with Crippen molar-refractivity contribution in [3.63, 3.8) is 0 Å². The molecule has 1 aliphatic heterocycles. The molecule has 0 unspecified atom stereocenters. The number of hydrogen-bond acceptors (Lipinski definition) is 4. The second kappa shape index (κ2) is 6.03. The molecule has 2 heterocycles. The first kappa shape index (κ1) is 16.7. The van der Waals surface area contributed by atoms with Crippen LogP contribution in [0.1, 0.15) is 17.0 Å². The fraction of sp³-hybridized carbons (Fsp3) is 0.375. The van der Waals surface area contributed by atoms with Crippen LogP contribution in [0.25, 0.3) is 0 Å². The van der Waals surface area contributed by atoms with Crippen molar-refractivity contribution in [1.29, 1.82) is 0 Å². The zero-order chi connectivity index (χ0) is 17.5. The maximum Gasteiger partial charge on any atom is 0.308 e. The molecule has 0 spiro atoms. The molecule has 1 aromatic heterocycles. The Labute approximate surface area is 140 Å². The van der Waals surface area contributed by atoms with E-state index in [-0.39, 0.29) is 24.0 Å². The summed E-state index contributed by atoms with van der Waals surface area (Å²) in [7, 11) is -2.22. The number of carboxylic acids is 1. The monoisotopic (exact) mass is 349 g/mol. The molecule has 3 rings (SSSR count). The minimum atomic E-state index is -3.77. The first-order chi connectivity index (χ1) is 11.3. The summed E-state index contributed by atoms with van der Waals surface area (Å²) in [4.78, 5) is 11.7. The highest BCUT2D eigenvalue weighted by molar-refractivity contribution is 7.89. The Hall–Kier alpha value is -2.19. The molecule has 7 nitrogen and oxygen atoms in total. The highest BCUT2D eigenvalue weighted by atomic mass is 32.2. The van der Waals surface area contributed by atoms with Gasteiger partial charge in [-0.1, -0.05) is 29.8 Å². The third-order valence-corrected chi connectivity index (χ3v) is 6.36. The maximum absolute atomic E-state index is 12.8. The van der Waals surface area contributed by atoms with E-state index in [0.717, 1.165) is 11.1 Å². The Morgan fingerprint density at radius 1 is 1.29 bits per heavy atom. The van der Waals surface area contributed by atoms with Gasteiger partial charge in [-0.2, -0.15) is 9.40 Å². The van der Waals surface area contributed by atoms with Crippen molar-refractivity contribution in [2.24, 2.45) is 13.0 Å². The number of aryl methyl sites for hydroxylation is 2. The van der Waals surface area contributed by atoms with E-state index in [1.807, 2.05) is 31.2 Å². The Balaban J connectivity index is 1.96. The van der Waals surface area contributed by atoms with Gasteiger partial charge in [-0.05, 0) is 18.6 Å². The quantitative estimate of drug-likeness (QED) is 0.896. The highest BCUT2D eigenvalue weighted by Crippen LogP contribution is 2.36. The molecule has 128 valence electrons. The average Bonchev–Trinajstić information content (AvgIpc) is 3.14. The summed E-state index contributed by atoms with van der Waals surface area (Å²) >= 11 is 0. The lowest BCUT2D eigenvalue weighted by Crippen LogP contribution is -2.31. The molecule has 1 N–H and O–H groups in total. The smallest absolute Gasteiger partial charge is 0.308 e. The summed E-state index contributed by atoms with van der Waals surface area (Å²) in [5.74, 6) is -2.12. The molecule has 24 heavy (non-hydrogen) atoms. The number of nitrogens with zero attached hydrogens (tertiary/aromatic N) is 3. The zero-order valence-corrected chi connectivity index (χ0v) is 14.3. The van der Waals surface area contributed by atoms with Crippen LogP contribution in [0.2, 0.25) is 0 Å². The molecule has 0 bridgehead atoms.